The lowest BCUT2D eigenvalue weighted by Gasteiger charge is -2.23. The third kappa shape index (κ3) is 11.5. The Labute approximate surface area is 339 Å². The van der Waals surface area contributed by atoms with Gasteiger partial charge in [-0.15, -0.1) is 0 Å². The van der Waals surface area contributed by atoms with Crippen molar-refractivity contribution in [3.05, 3.63) is 72.8 Å². The van der Waals surface area contributed by atoms with Crippen LogP contribution in [0.4, 0.5) is 0 Å². The summed E-state index contributed by atoms with van der Waals surface area (Å²) in [5.74, 6) is 1.48. The van der Waals surface area contributed by atoms with Crippen LogP contribution in [0, 0.1) is 0 Å². The van der Waals surface area contributed by atoms with E-state index >= 15 is 0 Å². The molecule has 1 heterocycles. The maximum Gasteiger partial charge on any atom is 0.147 e. The summed E-state index contributed by atoms with van der Waals surface area (Å²) >= 11 is 5.61. The molecule has 0 saturated carbocycles. The predicted molar refractivity (Wildman–Crippen MR) is 231 cm³/mol. The molecule has 0 spiro atoms. The van der Waals surface area contributed by atoms with Gasteiger partial charge in [-0.3, -0.25) is 0 Å². The van der Waals surface area contributed by atoms with Crippen LogP contribution in [0.1, 0.15) is 79.1 Å². The summed E-state index contributed by atoms with van der Waals surface area (Å²) in [6, 6.07) is 23.2. The van der Waals surface area contributed by atoms with Crippen LogP contribution in [0.25, 0.3) is 0 Å². The predicted octanol–water partition coefficient (Wildman–Crippen LogP) is 14.6. The van der Waals surface area contributed by atoms with Gasteiger partial charge in [-0.25, -0.2) is 0 Å². The Morgan fingerprint density at radius 3 is 0.926 bits per heavy atom. The zero-order valence-electron chi connectivity index (χ0n) is 31.9. The molecular formula is C42H54O6P2S4. The quantitative estimate of drug-likeness (QED) is 0.0831. The van der Waals surface area contributed by atoms with E-state index in [-0.39, 0.29) is 24.2 Å². The summed E-state index contributed by atoms with van der Waals surface area (Å²) in [6.07, 6.45) is 10.4. The van der Waals surface area contributed by atoms with Crippen molar-refractivity contribution in [3.63, 3.8) is 0 Å². The summed E-state index contributed by atoms with van der Waals surface area (Å²) in [7, 11) is -5.20. The molecule has 6 nitrogen and oxygen atoms in total. The number of hydrogen-bond acceptors (Lipinski definition) is 10. The number of phenolic OH excluding ortho intramolecular Hbond substituents is 2. The average molecular weight is 845 g/mol. The number of fused-ring (bicyclic) bond motifs is 8. The Kier molecular flexibility index (Phi) is 16.7. The maximum atomic E-state index is 14.2. The molecule has 0 atom stereocenters. The van der Waals surface area contributed by atoms with Crippen molar-refractivity contribution in [2.45, 2.75) is 118 Å². The van der Waals surface area contributed by atoms with Gasteiger partial charge in [0.05, 0.1) is 39.2 Å². The topological polar surface area (TPSA) is 93.1 Å². The monoisotopic (exact) mass is 844 g/mol. The van der Waals surface area contributed by atoms with Gasteiger partial charge in [0.15, 0.2) is 0 Å². The number of unbranched alkanes of at least 4 members (excludes halogenated alkanes) is 4. The summed E-state index contributed by atoms with van der Waals surface area (Å²) in [6.45, 7) is 8.48. The van der Waals surface area contributed by atoms with Crippen LogP contribution in [0.2, 0.25) is 0 Å². The minimum atomic E-state index is -2.60. The Hall–Kier alpha value is -2.06. The average Bonchev–Trinajstić information content (AvgIpc) is 3.17. The lowest BCUT2D eigenvalue weighted by atomic mass is 10.3. The molecule has 8 bridgehead atoms. The zero-order valence-corrected chi connectivity index (χ0v) is 36.9. The summed E-state index contributed by atoms with van der Waals surface area (Å²) in [4.78, 5) is 5.75. The Morgan fingerprint density at radius 1 is 0.444 bits per heavy atom. The van der Waals surface area contributed by atoms with Crippen LogP contribution >= 0.6 is 61.3 Å². The van der Waals surface area contributed by atoms with Crippen LogP contribution in [-0.2, 0) is 9.13 Å². The van der Waals surface area contributed by atoms with Crippen LogP contribution in [-0.4, -0.2) is 47.6 Å². The van der Waals surface area contributed by atoms with E-state index < -0.39 is 14.3 Å². The van der Waals surface area contributed by atoms with E-state index in [2.05, 4.69) is 27.7 Å². The van der Waals surface area contributed by atoms with E-state index in [1.807, 2.05) is 72.8 Å². The van der Waals surface area contributed by atoms with Crippen LogP contribution < -0.4 is 9.47 Å². The molecule has 5 rings (SSSR count). The molecular weight excluding hydrogens is 791 g/mol. The standard InChI is InChI=1S/C42H54O6P2S4/c1-5-9-25-49(45,26-10-6-2)29-47-41-35-21-15-22-36(41)52-32-18-14-20-34(40(32)44)54-38-24-16-23-37(53-33-19-13-17-31(51-35)39(33)43)42(38)48-30-50(46,27-11-7-3)28-12-8-4/h13-24,43-44H,5-12,25-30H2,1-4H3. The molecule has 0 aliphatic carbocycles. The Bertz CT molecular complexity index is 1710. The number of para-hydroxylation sites is 4. The molecule has 2 N–H and O–H groups in total. The molecule has 1 aliphatic rings. The molecule has 4 aromatic carbocycles. The molecule has 0 amide bonds. The molecule has 0 fully saturated rings. The second-order valence-corrected chi connectivity index (χ2v) is 24.6. The van der Waals surface area contributed by atoms with E-state index in [1.54, 1.807) is 0 Å². The second-order valence-electron chi connectivity index (χ2n) is 13.8. The molecule has 1 aliphatic heterocycles. The van der Waals surface area contributed by atoms with Crippen molar-refractivity contribution in [2.75, 3.05) is 37.3 Å². The minimum Gasteiger partial charge on any atom is -0.506 e. The largest absolute Gasteiger partial charge is 0.506 e. The SMILES string of the molecule is CCCCP(=O)(CCCC)COc1c2cccc1Sc1cccc(c1O)Sc1cccc(c1OCP(=O)(CCCC)CCCC)Sc1cccc(c1O)S2. The number of ether oxygens (including phenoxy) is 2. The van der Waals surface area contributed by atoms with Crippen LogP contribution in [0.3, 0.4) is 0 Å². The molecule has 0 saturated heterocycles. The minimum absolute atomic E-state index is 0.142. The third-order valence-electron chi connectivity index (χ3n) is 9.25. The lowest BCUT2D eigenvalue weighted by molar-refractivity contribution is 0.357. The smallest absolute Gasteiger partial charge is 0.147 e. The molecule has 4 aromatic rings. The summed E-state index contributed by atoms with van der Waals surface area (Å²) < 4.78 is 41.7. The van der Waals surface area contributed by atoms with Crippen LogP contribution in [0.15, 0.2) is 112 Å². The maximum absolute atomic E-state index is 14.2. The van der Waals surface area contributed by atoms with Gasteiger partial charge in [0.1, 0.15) is 50.0 Å². The Balaban J connectivity index is 1.60. The van der Waals surface area contributed by atoms with E-state index in [1.165, 1.54) is 47.0 Å². The number of phenols is 2. The van der Waals surface area contributed by atoms with Gasteiger partial charge in [-0.05, 0) is 74.2 Å². The van der Waals surface area contributed by atoms with Crippen molar-refractivity contribution in [2.24, 2.45) is 0 Å². The van der Waals surface area contributed by atoms with Gasteiger partial charge >= 0.3 is 0 Å². The van der Waals surface area contributed by atoms with Gasteiger partial charge in [0.2, 0.25) is 0 Å². The molecule has 0 unspecified atom stereocenters. The van der Waals surface area contributed by atoms with Crippen molar-refractivity contribution in [3.8, 4) is 23.0 Å². The normalized spacial score (nSPS) is 13.1. The van der Waals surface area contributed by atoms with Crippen molar-refractivity contribution in [1.82, 2.24) is 0 Å². The van der Waals surface area contributed by atoms with E-state index in [4.69, 9.17) is 9.47 Å². The van der Waals surface area contributed by atoms with E-state index in [0.29, 0.717) is 55.7 Å². The summed E-state index contributed by atoms with van der Waals surface area (Å²) in [5.41, 5.74) is 0. The van der Waals surface area contributed by atoms with Crippen molar-refractivity contribution in [1.29, 1.82) is 0 Å². The van der Waals surface area contributed by atoms with Crippen LogP contribution in [0.5, 0.6) is 23.0 Å². The fourth-order valence-corrected chi connectivity index (χ4v) is 15.6. The molecule has 0 aromatic heterocycles. The zero-order chi connectivity index (χ0) is 38.6. The van der Waals surface area contributed by atoms with Gasteiger partial charge < -0.3 is 28.8 Å². The highest BCUT2D eigenvalue weighted by molar-refractivity contribution is 8.01. The van der Waals surface area contributed by atoms with Crippen molar-refractivity contribution >= 4 is 61.3 Å². The first kappa shape index (κ1) is 43.1. The lowest BCUT2D eigenvalue weighted by Crippen LogP contribution is -2.07. The number of aromatic hydroxyl groups is 2. The highest BCUT2D eigenvalue weighted by Crippen LogP contribution is 2.55. The number of benzene rings is 4. The Morgan fingerprint density at radius 2 is 0.685 bits per heavy atom. The van der Waals surface area contributed by atoms with Crippen molar-refractivity contribution < 1.29 is 28.8 Å². The highest BCUT2D eigenvalue weighted by atomic mass is 32.2. The van der Waals surface area contributed by atoms with Gasteiger partial charge in [0, 0.05) is 24.6 Å². The fraction of sp³-hybridized carbons (Fsp3) is 0.429. The van der Waals surface area contributed by atoms with Gasteiger partial charge in [-0.1, -0.05) is 125 Å². The molecule has 292 valence electrons. The summed E-state index contributed by atoms with van der Waals surface area (Å²) in [5, 5.41) is 23.6. The molecule has 54 heavy (non-hydrogen) atoms. The fourth-order valence-electron chi connectivity index (χ4n) is 6.04. The van der Waals surface area contributed by atoms with Gasteiger partial charge in [-0.2, -0.15) is 0 Å². The third-order valence-corrected chi connectivity index (χ3v) is 19.3. The molecule has 0 radical (unpaired) electrons. The number of rotatable bonds is 18. The van der Waals surface area contributed by atoms with E-state index in [0.717, 1.165) is 70.9 Å². The van der Waals surface area contributed by atoms with E-state index in [9.17, 15) is 19.3 Å². The first-order chi connectivity index (χ1) is 26.1. The van der Waals surface area contributed by atoms with Gasteiger partial charge in [0.25, 0.3) is 0 Å². The second kappa shape index (κ2) is 20.9. The number of hydrogen-bond donors (Lipinski definition) is 2. The first-order valence-electron chi connectivity index (χ1n) is 19.1. The molecule has 12 heteroatoms. The highest BCUT2D eigenvalue weighted by Gasteiger charge is 2.27. The first-order valence-corrected chi connectivity index (χ1v) is 26.9.